The van der Waals surface area contributed by atoms with Gasteiger partial charge in [-0.3, -0.25) is 4.79 Å². The van der Waals surface area contributed by atoms with Crippen LogP contribution >= 0.6 is 11.3 Å². The Balaban J connectivity index is 1.54. The Morgan fingerprint density at radius 1 is 1.22 bits per heavy atom. The first kappa shape index (κ1) is 25.4. The molecule has 2 aliphatic heterocycles. The molecule has 1 amide bonds. The van der Waals surface area contributed by atoms with Crippen LogP contribution in [-0.4, -0.2) is 58.6 Å². The van der Waals surface area contributed by atoms with E-state index in [2.05, 4.69) is 33.9 Å². The number of rotatable bonds is 1. The van der Waals surface area contributed by atoms with E-state index in [9.17, 15) is 9.59 Å². The van der Waals surface area contributed by atoms with Crippen LogP contribution in [0.4, 0.5) is 5.13 Å². The molecule has 9 heteroatoms. The first-order valence-electron chi connectivity index (χ1n) is 12.9. The normalized spacial score (nSPS) is 22.8. The van der Waals surface area contributed by atoms with Crippen LogP contribution in [0.3, 0.4) is 0 Å². The van der Waals surface area contributed by atoms with Gasteiger partial charge in [-0.25, -0.2) is 14.8 Å². The minimum atomic E-state index is -0.728. The van der Waals surface area contributed by atoms with E-state index in [1.165, 1.54) is 24.0 Å². The molecule has 37 heavy (non-hydrogen) atoms. The zero-order chi connectivity index (χ0) is 26.2. The van der Waals surface area contributed by atoms with Crippen molar-refractivity contribution in [3.8, 4) is 5.88 Å². The Morgan fingerprint density at radius 2 is 2.03 bits per heavy atom. The number of benzene rings is 1. The maximum Gasteiger partial charge on any atom is 0.328 e. The summed E-state index contributed by atoms with van der Waals surface area (Å²) in [6.45, 7) is 6.31. The smallest absolute Gasteiger partial charge is 0.328 e. The van der Waals surface area contributed by atoms with E-state index in [0.29, 0.717) is 12.3 Å². The summed E-state index contributed by atoms with van der Waals surface area (Å²) in [7, 11) is 1.35. The number of ether oxygens (including phenoxy) is 2. The zero-order valence-electron chi connectivity index (χ0n) is 21.8. The van der Waals surface area contributed by atoms with Crippen molar-refractivity contribution < 1.29 is 19.1 Å². The number of hydrogen-bond acceptors (Lipinski definition) is 8. The van der Waals surface area contributed by atoms with Crippen LogP contribution in [0, 0.1) is 5.41 Å². The molecule has 1 fully saturated rings. The van der Waals surface area contributed by atoms with Gasteiger partial charge in [0.25, 0.3) is 0 Å². The van der Waals surface area contributed by atoms with Crippen molar-refractivity contribution in [1.29, 1.82) is 0 Å². The molecule has 1 aromatic carbocycles. The van der Waals surface area contributed by atoms with Crippen molar-refractivity contribution in [3.05, 3.63) is 47.1 Å². The number of methoxy groups -OCH3 is 1. The maximum absolute atomic E-state index is 14.0. The lowest BCUT2D eigenvalue weighted by molar-refractivity contribution is -0.151. The maximum atomic E-state index is 14.0. The molecule has 1 saturated heterocycles. The van der Waals surface area contributed by atoms with E-state index in [1.807, 2.05) is 26.8 Å². The second-order valence-electron chi connectivity index (χ2n) is 11.0. The summed E-state index contributed by atoms with van der Waals surface area (Å²) in [6, 6.07) is 7.08. The van der Waals surface area contributed by atoms with Crippen LogP contribution in [0.25, 0.3) is 10.8 Å². The summed E-state index contributed by atoms with van der Waals surface area (Å²) in [5.74, 6) is -0.0782. The molecule has 3 atom stereocenters. The van der Waals surface area contributed by atoms with Gasteiger partial charge in [-0.05, 0) is 54.2 Å². The van der Waals surface area contributed by atoms with Crippen molar-refractivity contribution in [3.63, 3.8) is 0 Å². The van der Waals surface area contributed by atoms with Gasteiger partial charge in [0.15, 0.2) is 5.13 Å². The molecule has 0 unspecified atom stereocenters. The lowest BCUT2D eigenvalue weighted by Gasteiger charge is -2.35. The van der Waals surface area contributed by atoms with Crippen molar-refractivity contribution in [1.82, 2.24) is 14.9 Å². The molecule has 6 bridgehead atoms. The third-order valence-electron chi connectivity index (χ3n) is 7.17. The summed E-state index contributed by atoms with van der Waals surface area (Å²) >= 11 is 1.51. The highest BCUT2D eigenvalue weighted by Crippen LogP contribution is 2.33. The van der Waals surface area contributed by atoms with Crippen LogP contribution < -0.4 is 10.1 Å². The second-order valence-corrected chi connectivity index (χ2v) is 11.8. The summed E-state index contributed by atoms with van der Waals surface area (Å²) in [5.41, 5.74) is 1.84. The van der Waals surface area contributed by atoms with Gasteiger partial charge < -0.3 is 19.7 Å². The van der Waals surface area contributed by atoms with Crippen molar-refractivity contribution in [2.45, 2.75) is 71.1 Å². The Bertz CT molecular complexity index is 1300. The molecule has 2 aliphatic rings. The molecule has 1 N–H and O–H groups in total. The highest BCUT2D eigenvalue weighted by molar-refractivity contribution is 7.13. The Kier molecular flexibility index (Phi) is 7.07. The lowest BCUT2D eigenvalue weighted by atomic mass is 9.85. The molecule has 0 spiro atoms. The van der Waals surface area contributed by atoms with E-state index >= 15 is 0 Å². The molecule has 5 rings (SSSR count). The Hall–Kier alpha value is -3.20. The van der Waals surface area contributed by atoms with Crippen LogP contribution in [0.1, 0.15) is 51.3 Å². The summed E-state index contributed by atoms with van der Waals surface area (Å²) in [4.78, 5) is 37.7. The Morgan fingerprint density at radius 3 is 2.81 bits per heavy atom. The van der Waals surface area contributed by atoms with Gasteiger partial charge in [-0.2, -0.15) is 0 Å². The first-order valence-corrected chi connectivity index (χ1v) is 13.7. The van der Waals surface area contributed by atoms with Crippen LogP contribution in [0.5, 0.6) is 5.88 Å². The number of esters is 1. The quantitative estimate of drug-likeness (QED) is 0.466. The summed E-state index contributed by atoms with van der Waals surface area (Å²) in [6.07, 6.45) is 5.60. The number of thiazole rings is 1. The number of hydrogen-bond donors (Lipinski definition) is 1. The largest absolute Gasteiger partial charge is 0.472 e. The molecule has 4 heterocycles. The number of nitrogens with one attached hydrogen (secondary N) is 1. The van der Waals surface area contributed by atoms with E-state index in [-0.39, 0.29) is 18.6 Å². The molecule has 196 valence electrons. The number of carbonyl (C=O) groups excluding carboxylic acids is 2. The number of aromatic nitrogens is 2. The highest BCUT2D eigenvalue weighted by Gasteiger charge is 2.46. The van der Waals surface area contributed by atoms with Crippen molar-refractivity contribution in [2.24, 2.45) is 5.41 Å². The van der Waals surface area contributed by atoms with Gasteiger partial charge in [0.05, 0.1) is 19.3 Å². The van der Waals surface area contributed by atoms with Gasteiger partial charge in [-0.15, -0.1) is 11.3 Å². The number of anilines is 1. The fraction of sp³-hybridized carbons (Fsp3) is 0.500. The molecule has 2 aromatic heterocycles. The standard InChI is InChI=1S/C28H34N4O4S/c1-28(2,3)23-25(33)32-15-20(14-22(32)26(34)35-4)36-24-21-13-17(9-10-18(21)11-12-29-24)7-5-6-8-19-16-37-27(30-19)31-23/h9-13,16,20,22-23H,5-8,14-15H2,1-4H3,(H,30,31)/t20-,22+,23-/m1/s1. The van der Waals surface area contributed by atoms with Gasteiger partial charge >= 0.3 is 5.97 Å². The number of fused-ring (bicyclic) bond motifs is 5. The number of amides is 1. The number of nitrogens with zero attached hydrogens (tertiary/aromatic N) is 3. The topological polar surface area (TPSA) is 93.7 Å². The predicted molar refractivity (Wildman–Crippen MR) is 144 cm³/mol. The molecular formula is C28H34N4O4S. The predicted octanol–water partition coefficient (Wildman–Crippen LogP) is 4.62. The van der Waals surface area contributed by atoms with E-state index < -0.39 is 23.5 Å². The minimum absolute atomic E-state index is 0.167. The van der Waals surface area contributed by atoms with Gasteiger partial charge in [0.2, 0.25) is 11.8 Å². The number of pyridine rings is 1. The monoisotopic (exact) mass is 522 g/mol. The van der Waals surface area contributed by atoms with E-state index in [4.69, 9.17) is 14.5 Å². The minimum Gasteiger partial charge on any atom is -0.472 e. The SMILES string of the molecule is COC(=O)[C@@H]1C[C@@H]2CN1C(=O)[C@H](C(C)(C)C)Nc1nc(cs1)CCCCc1ccc3ccnc(c3c1)O2. The second kappa shape index (κ2) is 10.3. The van der Waals surface area contributed by atoms with E-state index in [1.54, 1.807) is 11.1 Å². The number of aryl methyl sites for hydroxylation is 2. The fourth-order valence-electron chi connectivity index (χ4n) is 5.14. The summed E-state index contributed by atoms with van der Waals surface area (Å²) in [5, 5.41) is 8.15. The molecular weight excluding hydrogens is 488 g/mol. The van der Waals surface area contributed by atoms with Crippen LogP contribution in [0.2, 0.25) is 0 Å². The summed E-state index contributed by atoms with van der Waals surface area (Å²) < 4.78 is 11.5. The fourth-order valence-corrected chi connectivity index (χ4v) is 5.92. The van der Waals surface area contributed by atoms with E-state index in [0.717, 1.165) is 47.3 Å². The van der Waals surface area contributed by atoms with Gasteiger partial charge in [0.1, 0.15) is 18.2 Å². The van der Waals surface area contributed by atoms with Crippen LogP contribution in [0.15, 0.2) is 35.8 Å². The molecule has 0 aliphatic carbocycles. The zero-order valence-corrected chi connectivity index (χ0v) is 22.6. The average Bonchev–Trinajstić information content (AvgIpc) is 3.50. The third kappa shape index (κ3) is 5.42. The van der Waals surface area contributed by atoms with Gasteiger partial charge in [0, 0.05) is 23.4 Å². The molecule has 0 radical (unpaired) electrons. The molecule has 0 saturated carbocycles. The number of carbonyl (C=O) groups is 2. The first-order chi connectivity index (χ1) is 17.7. The van der Waals surface area contributed by atoms with Crippen molar-refractivity contribution >= 4 is 39.1 Å². The lowest BCUT2D eigenvalue weighted by Crippen LogP contribution is -2.52. The Labute approximate surface area is 221 Å². The van der Waals surface area contributed by atoms with Gasteiger partial charge in [-0.1, -0.05) is 32.9 Å². The molecule has 3 aromatic rings. The highest BCUT2D eigenvalue weighted by atomic mass is 32.1. The van der Waals surface area contributed by atoms with Crippen molar-refractivity contribution in [2.75, 3.05) is 19.0 Å². The molecule has 8 nitrogen and oxygen atoms in total. The average molecular weight is 523 g/mol. The third-order valence-corrected chi connectivity index (χ3v) is 7.99. The van der Waals surface area contributed by atoms with Crippen LogP contribution in [-0.2, 0) is 27.2 Å².